The molecule has 0 aromatic heterocycles. The van der Waals surface area contributed by atoms with E-state index >= 15 is 0 Å². The first-order chi connectivity index (χ1) is 11.7. The number of carbonyl (C=O) groups excluding carboxylic acids is 1. The topological polar surface area (TPSA) is 42.0 Å². The lowest BCUT2D eigenvalue weighted by Crippen LogP contribution is -2.41. The lowest BCUT2D eigenvalue weighted by Gasteiger charge is -2.33. The van der Waals surface area contributed by atoms with Crippen molar-refractivity contribution in [3.63, 3.8) is 0 Å². The van der Waals surface area contributed by atoms with E-state index < -0.39 is 0 Å². The molecule has 6 heteroatoms. The summed E-state index contributed by atoms with van der Waals surface area (Å²) in [6.45, 7) is 7.46. The molecular weight excluding hydrogens is 340 g/mol. The summed E-state index contributed by atoms with van der Waals surface area (Å²) in [5, 5.41) is 0. The number of piperidine rings is 1. The number of aryl methyl sites for hydroxylation is 1. The van der Waals surface area contributed by atoms with E-state index in [0.717, 1.165) is 52.2 Å². The Bertz CT molecular complexity index is 532. The van der Waals surface area contributed by atoms with Gasteiger partial charge >= 0.3 is 6.09 Å². The van der Waals surface area contributed by atoms with Crippen molar-refractivity contribution in [3.8, 4) is 0 Å². The molecule has 3 rings (SSSR count). The molecular formula is C19H29ClN2O3. The minimum absolute atomic E-state index is 0. The first-order valence-corrected chi connectivity index (χ1v) is 9.04. The van der Waals surface area contributed by atoms with Gasteiger partial charge in [-0.3, -0.25) is 4.90 Å². The van der Waals surface area contributed by atoms with Gasteiger partial charge in [-0.25, -0.2) is 4.79 Å². The Kier molecular flexibility index (Phi) is 8.00. The normalized spacial score (nSPS) is 21.5. The van der Waals surface area contributed by atoms with Crippen molar-refractivity contribution in [1.82, 2.24) is 9.80 Å². The number of hydrogen-bond donors (Lipinski definition) is 0. The largest absolute Gasteiger partial charge is 0.448 e. The molecule has 2 fully saturated rings. The van der Waals surface area contributed by atoms with Gasteiger partial charge in [-0.15, -0.1) is 12.4 Å². The zero-order chi connectivity index (χ0) is 16.8. The van der Waals surface area contributed by atoms with Crippen LogP contribution in [0.4, 0.5) is 4.79 Å². The Morgan fingerprint density at radius 3 is 2.60 bits per heavy atom. The summed E-state index contributed by atoms with van der Waals surface area (Å²) in [6.07, 6.45) is 3.36. The fourth-order valence-electron chi connectivity index (χ4n) is 3.32. The molecule has 2 aliphatic rings. The van der Waals surface area contributed by atoms with Gasteiger partial charge in [0, 0.05) is 32.7 Å². The standard InChI is InChI=1S/C19H28N2O3.ClH/c1-16-5-7-17(8-6-16)18-15-20(11-13-23-18)12-14-24-19(22)21-9-3-2-4-10-21;/h5-8,18H,2-4,9-15H2,1H3;1H. The Balaban J connectivity index is 0.00000225. The van der Waals surface area contributed by atoms with Gasteiger partial charge < -0.3 is 14.4 Å². The predicted molar refractivity (Wildman–Crippen MR) is 100 cm³/mol. The first-order valence-electron chi connectivity index (χ1n) is 9.04. The number of nitrogens with zero attached hydrogens (tertiary/aromatic N) is 2. The molecule has 0 aliphatic carbocycles. The van der Waals surface area contributed by atoms with Gasteiger partial charge in [0.1, 0.15) is 6.61 Å². The Morgan fingerprint density at radius 1 is 1.16 bits per heavy atom. The second-order valence-electron chi connectivity index (χ2n) is 6.73. The lowest BCUT2D eigenvalue weighted by atomic mass is 10.1. The number of rotatable bonds is 4. The van der Waals surface area contributed by atoms with Crippen LogP contribution in [0.15, 0.2) is 24.3 Å². The zero-order valence-corrected chi connectivity index (χ0v) is 15.8. The molecule has 1 atom stereocenters. The zero-order valence-electron chi connectivity index (χ0n) is 15.0. The minimum atomic E-state index is -0.155. The number of carbonyl (C=O) groups is 1. The first kappa shape index (κ1) is 20.0. The molecule has 0 saturated carbocycles. The van der Waals surface area contributed by atoms with Crippen molar-refractivity contribution >= 4 is 18.5 Å². The van der Waals surface area contributed by atoms with Crippen LogP contribution in [-0.4, -0.2) is 61.8 Å². The smallest absolute Gasteiger partial charge is 0.409 e. The van der Waals surface area contributed by atoms with Crippen LogP contribution in [0, 0.1) is 6.92 Å². The van der Waals surface area contributed by atoms with E-state index in [1.54, 1.807) is 0 Å². The summed E-state index contributed by atoms with van der Waals surface area (Å²) >= 11 is 0. The second-order valence-corrected chi connectivity index (χ2v) is 6.73. The van der Waals surface area contributed by atoms with E-state index in [2.05, 4.69) is 36.1 Å². The fourth-order valence-corrected chi connectivity index (χ4v) is 3.32. The summed E-state index contributed by atoms with van der Waals surface area (Å²) in [7, 11) is 0. The van der Waals surface area contributed by atoms with E-state index in [-0.39, 0.29) is 24.6 Å². The molecule has 2 aliphatic heterocycles. The van der Waals surface area contributed by atoms with Gasteiger partial charge in [0.2, 0.25) is 0 Å². The van der Waals surface area contributed by atoms with Crippen molar-refractivity contribution in [2.75, 3.05) is 45.9 Å². The number of hydrogen-bond acceptors (Lipinski definition) is 4. The SMILES string of the molecule is Cc1ccc(C2CN(CCOC(=O)N3CCCCC3)CCO2)cc1.Cl. The monoisotopic (exact) mass is 368 g/mol. The molecule has 1 aromatic carbocycles. The van der Waals surface area contributed by atoms with Crippen LogP contribution in [0.1, 0.15) is 36.5 Å². The summed E-state index contributed by atoms with van der Waals surface area (Å²) in [6, 6.07) is 8.52. The van der Waals surface area contributed by atoms with E-state index in [1.165, 1.54) is 17.5 Å². The van der Waals surface area contributed by atoms with E-state index in [0.29, 0.717) is 6.61 Å². The molecule has 1 amide bonds. The average molecular weight is 369 g/mol. The summed E-state index contributed by atoms with van der Waals surface area (Å²) in [5.41, 5.74) is 2.48. The van der Waals surface area contributed by atoms with Crippen molar-refractivity contribution in [3.05, 3.63) is 35.4 Å². The Hall–Kier alpha value is -1.30. The third-order valence-electron chi connectivity index (χ3n) is 4.85. The number of halogens is 1. The summed E-state index contributed by atoms with van der Waals surface area (Å²) < 4.78 is 11.3. The maximum Gasteiger partial charge on any atom is 0.409 e. The van der Waals surface area contributed by atoms with Crippen molar-refractivity contribution in [1.29, 1.82) is 0 Å². The molecule has 1 aromatic rings. The van der Waals surface area contributed by atoms with Gasteiger partial charge in [0.15, 0.2) is 0 Å². The third-order valence-corrected chi connectivity index (χ3v) is 4.85. The maximum absolute atomic E-state index is 12.0. The molecule has 2 saturated heterocycles. The number of ether oxygens (including phenoxy) is 2. The van der Waals surface area contributed by atoms with Crippen molar-refractivity contribution < 1.29 is 14.3 Å². The van der Waals surface area contributed by atoms with Gasteiger partial charge in [-0.05, 0) is 31.7 Å². The lowest BCUT2D eigenvalue weighted by molar-refractivity contribution is -0.0353. The van der Waals surface area contributed by atoms with Gasteiger partial charge in [0.05, 0.1) is 12.7 Å². The molecule has 0 bridgehead atoms. The van der Waals surface area contributed by atoms with Gasteiger partial charge in [0.25, 0.3) is 0 Å². The molecule has 0 N–H and O–H groups in total. The van der Waals surface area contributed by atoms with Crippen LogP contribution in [0.3, 0.4) is 0 Å². The van der Waals surface area contributed by atoms with Crippen LogP contribution in [0.2, 0.25) is 0 Å². The van der Waals surface area contributed by atoms with Crippen LogP contribution < -0.4 is 0 Å². The number of morpholine rings is 1. The van der Waals surface area contributed by atoms with Crippen LogP contribution in [-0.2, 0) is 9.47 Å². The Morgan fingerprint density at radius 2 is 1.88 bits per heavy atom. The van der Waals surface area contributed by atoms with E-state index in [4.69, 9.17) is 9.47 Å². The van der Waals surface area contributed by atoms with E-state index in [9.17, 15) is 4.79 Å². The molecule has 5 nitrogen and oxygen atoms in total. The fraction of sp³-hybridized carbons (Fsp3) is 0.632. The molecule has 140 valence electrons. The van der Waals surface area contributed by atoms with Crippen molar-refractivity contribution in [2.45, 2.75) is 32.3 Å². The second kappa shape index (κ2) is 10.00. The average Bonchev–Trinajstić information content (AvgIpc) is 2.63. The molecule has 2 heterocycles. The molecule has 25 heavy (non-hydrogen) atoms. The predicted octanol–water partition coefficient (Wildman–Crippen LogP) is 3.41. The third kappa shape index (κ3) is 5.87. The summed E-state index contributed by atoms with van der Waals surface area (Å²) in [5.74, 6) is 0. The molecule has 0 radical (unpaired) electrons. The highest BCUT2D eigenvalue weighted by atomic mass is 35.5. The molecule has 1 unspecified atom stereocenters. The number of amides is 1. The number of likely N-dealkylation sites (tertiary alicyclic amines) is 1. The summed E-state index contributed by atoms with van der Waals surface area (Å²) in [4.78, 5) is 16.2. The maximum atomic E-state index is 12.0. The van der Waals surface area contributed by atoms with Crippen LogP contribution >= 0.6 is 12.4 Å². The molecule has 0 spiro atoms. The van der Waals surface area contributed by atoms with Crippen molar-refractivity contribution in [2.24, 2.45) is 0 Å². The minimum Gasteiger partial charge on any atom is -0.448 e. The Labute approximate surface area is 156 Å². The van der Waals surface area contributed by atoms with Crippen LogP contribution in [0.5, 0.6) is 0 Å². The number of benzene rings is 1. The highest BCUT2D eigenvalue weighted by molar-refractivity contribution is 5.85. The highest BCUT2D eigenvalue weighted by Gasteiger charge is 2.22. The van der Waals surface area contributed by atoms with Gasteiger partial charge in [-0.2, -0.15) is 0 Å². The quantitative estimate of drug-likeness (QED) is 0.816. The van der Waals surface area contributed by atoms with Gasteiger partial charge in [-0.1, -0.05) is 29.8 Å². The van der Waals surface area contributed by atoms with E-state index in [1.807, 2.05) is 4.90 Å². The highest BCUT2D eigenvalue weighted by Crippen LogP contribution is 2.22. The van der Waals surface area contributed by atoms with Crippen LogP contribution in [0.25, 0.3) is 0 Å².